The molecule has 2 aromatic carbocycles. The number of hydrogen-bond donors (Lipinski definition) is 1. The van der Waals surface area contributed by atoms with Crippen LogP contribution in [-0.2, 0) is 6.42 Å². The average molecular weight is 374 g/mol. The van der Waals surface area contributed by atoms with Gasteiger partial charge in [0.2, 0.25) is 0 Å². The van der Waals surface area contributed by atoms with Crippen molar-refractivity contribution in [3.63, 3.8) is 0 Å². The number of carbonyl (C=O) groups excluding carboxylic acids is 1. The number of aromatic amines is 1. The smallest absolute Gasteiger partial charge is 0.253 e. The molecule has 0 spiro atoms. The minimum atomic E-state index is 0.126. The lowest BCUT2D eigenvalue weighted by Crippen LogP contribution is -2.35. The monoisotopic (exact) mass is 373 g/mol. The lowest BCUT2D eigenvalue weighted by Gasteiger charge is -2.26. The number of carbonyl (C=O) groups is 1. The fourth-order valence-electron chi connectivity index (χ4n) is 3.88. The Balaban J connectivity index is 1.57. The summed E-state index contributed by atoms with van der Waals surface area (Å²) >= 11 is 0. The molecule has 1 saturated heterocycles. The third-order valence-corrected chi connectivity index (χ3v) is 5.38. The molecule has 2 heterocycles. The molecule has 1 amide bonds. The quantitative estimate of drug-likeness (QED) is 0.658. The van der Waals surface area contributed by atoms with E-state index in [0.29, 0.717) is 0 Å². The number of rotatable bonds is 5. The molecule has 0 atom stereocenters. The van der Waals surface area contributed by atoms with Crippen molar-refractivity contribution in [3.8, 4) is 22.6 Å². The molecule has 1 aromatic heterocycles. The van der Waals surface area contributed by atoms with E-state index in [1.807, 2.05) is 35.4 Å². The van der Waals surface area contributed by atoms with Crippen LogP contribution in [-0.4, -0.2) is 33.9 Å². The summed E-state index contributed by atoms with van der Waals surface area (Å²) in [6, 6.07) is 16.4. The summed E-state index contributed by atoms with van der Waals surface area (Å²) in [6.07, 6.45) is 7.51. The molecule has 0 radical (unpaired) electrons. The van der Waals surface area contributed by atoms with Gasteiger partial charge < -0.3 is 9.88 Å². The molecule has 0 unspecified atom stereocenters. The van der Waals surface area contributed by atoms with Gasteiger partial charge in [-0.15, -0.1) is 0 Å². The van der Waals surface area contributed by atoms with Crippen LogP contribution in [0, 0.1) is 0 Å². The van der Waals surface area contributed by atoms with Crippen LogP contribution in [0.2, 0.25) is 0 Å². The normalized spacial score (nSPS) is 14.2. The van der Waals surface area contributed by atoms with E-state index in [1.54, 1.807) is 0 Å². The lowest BCUT2D eigenvalue weighted by molar-refractivity contribution is 0.0724. The molecule has 144 valence electrons. The van der Waals surface area contributed by atoms with Crippen LogP contribution in [0.4, 0.5) is 0 Å². The molecule has 1 fully saturated rings. The molecule has 0 bridgehead atoms. The summed E-state index contributed by atoms with van der Waals surface area (Å²) in [4.78, 5) is 22.8. The van der Waals surface area contributed by atoms with Gasteiger partial charge in [-0.05, 0) is 55.0 Å². The van der Waals surface area contributed by atoms with E-state index >= 15 is 0 Å². The maximum atomic E-state index is 12.8. The minimum Gasteiger partial charge on any atom is -0.339 e. The molecule has 4 rings (SSSR count). The van der Waals surface area contributed by atoms with Crippen LogP contribution in [0.15, 0.2) is 54.7 Å². The van der Waals surface area contributed by atoms with Crippen LogP contribution in [0.3, 0.4) is 0 Å². The van der Waals surface area contributed by atoms with Gasteiger partial charge >= 0.3 is 0 Å². The second-order valence-corrected chi connectivity index (χ2v) is 7.53. The highest BCUT2D eigenvalue weighted by Crippen LogP contribution is 2.24. The predicted octanol–water partition coefficient (Wildman–Crippen LogP) is 5.32. The summed E-state index contributed by atoms with van der Waals surface area (Å²) in [6.45, 7) is 3.92. The highest BCUT2D eigenvalue weighted by molar-refractivity contribution is 5.95. The van der Waals surface area contributed by atoms with Gasteiger partial charge in [0.15, 0.2) is 0 Å². The first-order valence-electron chi connectivity index (χ1n) is 10.3. The zero-order chi connectivity index (χ0) is 19.3. The Kier molecular flexibility index (Phi) is 5.56. The van der Waals surface area contributed by atoms with Gasteiger partial charge in [-0.2, -0.15) is 0 Å². The van der Waals surface area contributed by atoms with Gasteiger partial charge in [-0.25, -0.2) is 4.98 Å². The second-order valence-electron chi connectivity index (χ2n) is 7.53. The highest BCUT2D eigenvalue weighted by atomic mass is 16.2. The predicted molar refractivity (Wildman–Crippen MR) is 113 cm³/mol. The van der Waals surface area contributed by atoms with Crippen molar-refractivity contribution in [3.05, 3.63) is 65.9 Å². The maximum Gasteiger partial charge on any atom is 0.253 e. The highest BCUT2D eigenvalue weighted by Gasteiger charge is 2.18. The fraction of sp³-hybridized carbons (Fsp3) is 0.333. The van der Waals surface area contributed by atoms with Crippen molar-refractivity contribution in [2.24, 2.45) is 0 Å². The van der Waals surface area contributed by atoms with Crippen LogP contribution in [0.25, 0.3) is 22.6 Å². The Bertz CT molecular complexity index is 954. The molecule has 4 heteroatoms. The summed E-state index contributed by atoms with van der Waals surface area (Å²) in [7, 11) is 0. The van der Waals surface area contributed by atoms with E-state index in [0.717, 1.165) is 67.0 Å². The number of amides is 1. The van der Waals surface area contributed by atoms with Gasteiger partial charge in [-0.3, -0.25) is 4.79 Å². The molecule has 28 heavy (non-hydrogen) atoms. The number of nitrogens with one attached hydrogen (secondary N) is 1. The van der Waals surface area contributed by atoms with Crippen LogP contribution < -0.4 is 0 Å². The van der Waals surface area contributed by atoms with Gasteiger partial charge in [0.05, 0.1) is 11.9 Å². The molecular weight excluding hydrogens is 346 g/mol. The Hall–Kier alpha value is -2.88. The Labute approximate surface area is 166 Å². The first kappa shape index (κ1) is 18.5. The third kappa shape index (κ3) is 4.01. The zero-order valence-electron chi connectivity index (χ0n) is 16.4. The molecule has 4 nitrogen and oxygen atoms in total. The third-order valence-electron chi connectivity index (χ3n) is 5.38. The first-order valence-corrected chi connectivity index (χ1v) is 10.3. The fourth-order valence-corrected chi connectivity index (χ4v) is 3.88. The number of H-pyrrole nitrogens is 1. The van der Waals surface area contributed by atoms with Gasteiger partial charge in [-0.1, -0.05) is 43.7 Å². The van der Waals surface area contributed by atoms with Gasteiger partial charge in [0, 0.05) is 24.2 Å². The molecule has 3 aromatic rings. The number of likely N-dealkylation sites (tertiary alicyclic amines) is 1. The molecule has 1 aliphatic heterocycles. The molecule has 1 aliphatic rings. The van der Waals surface area contributed by atoms with Crippen molar-refractivity contribution in [1.82, 2.24) is 14.9 Å². The number of benzene rings is 2. The van der Waals surface area contributed by atoms with Gasteiger partial charge in [0.1, 0.15) is 5.82 Å². The largest absolute Gasteiger partial charge is 0.339 e. The number of piperidine rings is 1. The lowest BCUT2D eigenvalue weighted by atomic mass is 10.1. The van der Waals surface area contributed by atoms with Crippen molar-refractivity contribution in [1.29, 1.82) is 0 Å². The minimum absolute atomic E-state index is 0.126. The van der Waals surface area contributed by atoms with Crippen molar-refractivity contribution in [2.45, 2.75) is 39.0 Å². The SMILES string of the molecule is CCCc1cccc(-c2cnc(-c3cccc(C(=O)N4CCCCC4)c3)[nH]2)c1. The van der Waals surface area contributed by atoms with E-state index in [4.69, 9.17) is 0 Å². The Morgan fingerprint density at radius 2 is 1.82 bits per heavy atom. The molecule has 0 saturated carbocycles. The topological polar surface area (TPSA) is 49.0 Å². The standard InChI is InChI=1S/C24H27N3O/c1-2-8-18-9-6-10-19(15-18)22-17-25-23(26-22)20-11-7-12-21(16-20)24(28)27-13-4-3-5-14-27/h6-7,9-12,15-17H,2-5,8,13-14H2,1H3,(H,25,26). The summed E-state index contributed by atoms with van der Waals surface area (Å²) < 4.78 is 0. The number of aromatic nitrogens is 2. The van der Waals surface area contributed by atoms with Gasteiger partial charge in [0.25, 0.3) is 5.91 Å². The van der Waals surface area contributed by atoms with Crippen molar-refractivity contribution >= 4 is 5.91 Å². The summed E-state index contributed by atoms with van der Waals surface area (Å²) in [5.74, 6) is 0.921. The van der Waals surface area contributed by atoms with E-state index < -0.39 is 0 Å². The van der Waals surface area contributed by atoms with E-state index in [-0.39, 0.29) is 5.91 Å². The second kappa shape index (κ2) is 8.42. The summed E-state index contributed by atoms with van der Waals surface area (Å²) in [5.41, 5.74) is 5.16. The van der Waals surface area contributed by atoms with Crippen molar-refractivity contribution in [2.75, 3.05) is 13.1 Å². The maximum absolute atomic E-state index is 12.8. The van der Waals surface area contributed by atoms with Crippen LogP contribution >= 0.6 is 0 Å². The van der Waals surface area contributed by atoms with Crippen LogP contribution in [0.1, 0.15) is 48.5 Å². The van der Waals surface area contributed by atoms with E-state index in [1.165, 1.54) is 12.0 Å². The molecular formula is C24H27N3O. The average Bonchev–Trinajstić information content (AvgIpc) is 3.25. The molecule has 1 N–H and O–H groups in total. The zero-order valence-corrected chi connectivity index (χ0v) is 16.4. The van der Waals surface area contributed by atoms with E-state index in [2.05, 4.69) is 41.2 Å². The Morgan fingerprint density at radius 1 is 1.04 bits per heavy atom. The summed E-state index contributed by atoms with van der Waals surface area (Å²) in [5, 5.41) is 0. The van der Waals surface area contributed by atoms with Crippen LogP contribution in [0.5, 0.6) is 0 Å². The number of aryl methyl sites for hydroxylation is 1. The number of nitrogens with zero attached hydrogens (tertiary/aromatic N) is 2. The van der Waals surface area contributed by atoms with E-state index in [9.17, 15) is 4.79 Å². The number of imidazole rings is 1. The Morgan fingerprint density at radius 3 is 2.64 bits per heavy atom. The molecule has 0 aliphatic carbocycles. The van der Waals surface area contributed by atoms with Crippen molar-refractivity contribution < 1.29 is 4.79 Å². The first-order chi connectivity index (χ1) is 13.7. The number of hydrogen-bond acceptors (Lipinski definition) is 2.